The van der Waals surface area contributed by atoms with Gasteiger partial charge >= 0.3 is 0 Å². The molecule has 3 heterocycles. The topological polar surface area (TPSA) is 94.5 Å². The first-order chi connectivity index (χ1) is 27.5. The molecular weight excluding hydrogens is 691 g/mol. The summed E-state index contributed by atoms with van der Waals surface area (Å²) in [6.45, 7) is 5.86. The number of aryl methyl sites for hydroxylation is 3. The highest BCUT2D eigenvalue weighted by Gasteiger charge is 2.42. The minimum atomic E-state index is -0.861. The van der Waals surface area contributed by atoms with Crippen molar-refractivity contribution in [2.45, 2.75) is 57.7 Å². The minimum Gasteiger partial charge on any atom is -0.381 e. The van der Waals surface area contributed by atoms with Crippen LogP contribution in [0.25, 0.3) is 33.7 Å². The maximum Gasteiger partial charge on any atom is 0.184 e. The summed E-state index contributed by atoms with van der Waals surface area (Å²) in [6, 6.07) is 48.8. The molecule has 8 heteroatoms. The first kappa shape index (κ1) is 35.0. The molecule has 1 unspecified atom stereocenters. The third-order valence-corrected chi connectivity index (χ3v) is 11.0. The Labute approximate surface area is 326 Å². The van der Waals surface area contributed by atoms with Crippen LogP contribution in [0.5, 0.6) is 0 Å². The molecule has 0 radical (unpaired) electrons. The minimum absolute atomic E-state index is 0.0941. The number of tetrazole rings is 1. The summed E-state index contributed by atoms with van der Waals surface area (Å²) in [4.78, 5) is 10.1. The molecule has 8 aromatic rings. The summed E-state index contributed by atoms with van der Waals surface area (Å²) < 4.78 is 4.32. The highest BCUT2D eigenvalue weighted by Crippen LogP contribution is 2.45. The van der Waals surface area contributed by atoms with Gasteiger partial charge in [-0.15, -0.1) is 5.10 Å². The van der Waals surface area contributed by atoms with Gasteiger partial charge in [-0.25, -0.2) is 14.6 Å². The lowest BCUT2D eigenvalue weighted by atomic mass is 9.77. The van der Waals surface area contributed by atoms with Gasteiger partial charge in [0, 0.05) is 12.0 Å². The quantitative estimate of drug-likeness (QED) is 0.124. The molecule has 0 amide bonds. The second kappa shape index (κ2) is 14.5. The van der Waals surface area contributed by atoms with E-state index in [0.29, 0.717) is 11.5 Å². The maximum atomic E-state index is 9.81. The molecule has 0 fully saturated rings. The van der Waals surface area contributed by atoms with Gasteiger partial charge in [0.25, 0.3) is 0 Å². The molecule has 5 aromatic carbocycles. The Morgan fingerprint density at radius 3 is 2.04 bits per heavy atom. The molecule has 8 nitrogen and oxygen atoms in total. The van der Waals surface area contributed by atoms with Gasteiger partial charge in [-0.05, 0) is 93.6 Å². The lowest BCUT2D eigenvalue weighted by Gasteiger charge is -2.36. The van der Waals surface area contributed by atoms with E-state index in [1.165, 1.54) is 11.1 Å². The predicted molar refractivity (Wildman–Crippen MR) is 220 cm³/mol. The monoisotopic (exact) mass is 731 g/mol. The molecule has 3 aromatic heterocycles. The maximum absolute atomic E-state index is 9.81. The zero-order chi connectivity index (χ0) is 38.2. The van der Waals surface area contributed by atoms with Crippen LogP contribution in [-0.4, -0.2) is 46.0 Å². The van der Waals surface area contributed by atoms with Gasteiger partial charge in [0.15, 0.2) is 11.5 Å². The average Bonchev–Trinajstić information content (AvgIpc) is 3.99. The van der Waals surface area contributed by atoms with Gasteiger partial charge in [0.05, 0.1) is 6.04 Å². The van der Waals surface area contributed by atoms with Crippen molar-refractivity contribution in [3.8, 4) is 34.4 Å². The van der Waals surface area contributed by atoms with E-state index in [1.807, 2.05) is 28.9 Å². The molecule has 56 heavy (non-hydrogen) atoms. The van der Waals surface area contributed by atoms with Crippen molar-refractivity contribution in [1.82, 2.24) is 34.7 Å². The number of imidazole rings is 1. The molecule has 0 saturated heterocycles. The van der Waals surface area contributed by atoms with Gasteiger partial charge < -0.3 is 9.67 Å². The average molecular weight is 732 g/mol. The van der Waals surface area contributed by atoms with Gasteiger partial charge in [-0.1, -0.05) is 146 Å². The fourth-order valence-corrected chi connectivity index (χ4v) is 8.53. The van der Waals surface area contributed by atoms with Crippen molar-refractivity contribution in [1.29, 1.82) is 0 Å². The first-order valence-corrected chi connectivity index (χ1v) is 19.2. The van der Waals surface area contributed by atoms with E-state index >= 15 is 0 Å². The largest absolute Gasteiger partial charge is 0.381 e. The molecule has 1 N–H and O–H groups in total. The number of pyridine rings is 1. The predicted octanol–water partition coefficient (Wildman–Crippen LogP) is 8.73. The zero-order valence-electron chi connectivity index (χ0n) is 31.6. The van der Waals surface area contributed by atoms with Gasteiger partial charge in [0.2, 0.25) is 0 Å². The van der Waals surface area contributed by atoms with Crippen LogP contribution < -0.4 is 0 Å². The SMILES string of the molecule is CCc1nc2c(C)cc(C#C[C@H](C)O)nc2n1C1CCc2cc(-c3ccccc3-c3nnnn3C(c3ccccc3)(c3ccccc3)c3ccccc3)ccc21. The fourth-order valence-electron chi connectivity index (χ4n) is 8.53. The number of benzene rings is 5. The highest BCUT2D eigenvalue weighted by molar-refractivity contribution is 5.82. The number of aliphatic hydroxyl groups excluding tert-OH is 1. The van der Waals surface area contributed by atoms with E-state index in [9.17, 15) is 5.11 Å². The number of fused-ring (bicyclic) bond motifs is 2. The normalized spacial score (nSPS) is 14.3. The van der Waals surface area contributed by atoms with E-state index < -0.39 is 11.6 Å². The fraction of sp³-hybridized carbons (Fsp3) is 0.188. The molecule has 0 saturated carbocycles. The standard InChI is InChI=1S/C48H41N7O/c1-4-44-50-45-32(2)30-39(27-24-33(3)56)49-47(45)54(44)43-29-26-35-31-34(25-28-41(35)43)40-22-14-15-23-42(40)46-51-52-53-55(46)48(36-16-8-5-9-17-36,37-18-10-6-11-19-37)38-20-12-7-13-21-38/h5-23,25,28,30-31,33,43,56H,4,26,29H2,1-3H3/t33-,43?/m0/s1. The number of hydrogen-bond acceptors (Lipinski definition) is 6. The molecule has 2 atom stereocenters. The number of rotatable bonds is 8. The second-order valence-electron chi connectivity index (χ2n) is 14.4. The number of nitrogens with zero attached hydrogens (tertiary/aromatic N) is 7. The number of hydrogen-bond donors (Lipinski definition) is 1. The van der Waals surface area contributed by atoms with Crippen LogP contribution in [0, 0.1) is 18.8 Å². The Bertz CT molecular complexity index is 2650. The van der Waals surface area contributed by atoms with Crippen LogP contribution in [0.1, 0.15) is 71.2 Å². The van der Waals surface area contributed by atoms with Crippen LogP contribution in [0.2, 0.25) is 0 Å². The van der Waals surface area contributed by atoms with Crippen molar-refractivity contribution in [2.75, 3.05) is 0 Å². The zero-order valence-corrected chi connectivity index (χ0v) is 31.6. The van der Waals surface area contributed by atoms with Gasteiger partial charge in [0.1, 0.15) is 28.7 Å². The van der Waals surface area contributed by atoms with Crippen molar-refractivity contribution in [2.24, 2.45) is 0 Å². The second-order valence-corrected chi connectivity index (χ2v) is 14.4. The Balaban J connectivity index is 1.17. The molecule has 9 rings (SSSR count). The number of aromatic nitrogens is 7. The van der Waals surface area contributed by atoms with Crippen LogP contribution >= 0.6 is 0 Å². The molecule has 0 aliphatic heterocycles. The summed E-state index contributed by atoms with van der Waals surface area (Å²) in [5.41, 5.74) is 11.4. The van der Waals surface area contributed by atoms with Gasteiger partial charge in [-0.2, -0.15) is 0 Å². The third kappa shape index (κ3) is 5.88. The summed E-state index contributed by atoms with van der Waals surface area (Å²) in [5.74, 6) is 7.59. The summed E-state index contributed by atoms with van der Waals surface area (Å²) in [6.07, 6.45) is 1.93. The molecule has 0 spiro atoms. The van der Waals surface area contributed by atoms with E-state index in [4.69, 9.17) is 20.3 Å². The molecule has 1 aliphatic rings. The Morgan fingerprint density at radius 2 is 1.41 bits per heavy atom. The molecule has 274 valence electrons. The summed E-state index contributed by atoms with van der Waals surface area (Å²) in [5, 5.41) is 23.8. The lowest BCUT2D eigenvalue weighted by molar-refractivity contribution is 0.253. The van der Waals surface area contributed by atoms with Gasteiger partial charge in [-0.3, -0.25) is 0 Å². The Hall–Kier alpha value is -6.69. The lowest BCUT2D eigenvalue weighted by Crippen LogP contribution is -2.39. The van der Waals surface area contributed by atoms with Crippen LogP contribution in [0.3, 0.4) is 0 Å². The smallest absolute Gasteiger partial charge is 0.184 e. The highest BCUT2D eigenvalue weighted by atomic mass is 16.3. The van der Waals surface area contributed by atoms with Crippen LogP contribution in [-0.2, 0) is 18.4 Å². The summed E-state index contributed by atoms with van der Waals surface area (Å²) >= 11 is 0. The summed E-state index contributed by atoms with van der Waals surface area (Å²) in [7, 11) is 0. The van der Waals surface area contributed by atoms with Crippen LogP contribution in [0.4, 0.5) is 0 Å². The van der Waals surface area contributed by atoms with Crippen molar-refractivity contribution < 1.29 is 5.11 Å². The Kier molecular flexibility index (Phi) is 9.08. The Morgan fingerprint density at radius 1 is 0.786 bits per heavy atom. The van der Waals surface area contributed by atoms with Crippen molar-refractivity contribution >= 4 is 11.2 Å². The van der Waals surface area contributed by atoms with Crippen molar-refractivity contribution in [3.05, 3.63) is 184 Å². The van der Waals surface area contributed by atoms with E-state index in [2.05, 4.69) is 151 Å². The number of aliphatic hydroxyl groups is 1. The third-order valence-electron chi connectivity index (χ3n) is 11.0. The molecule has 0 bridgehead atoms. The van der Waals surface area contributed by atoms with Crippen LogP contribution in [0.15, 0.2) is 140 Å². The molecule has 1 aliphatic carbocycles. The van der Waals surface area contributed by atoms with Crippen molar-refractivity contribution in [3.63, 3.8) is 0 Å². The van der Waals surface area contributed by atoms with E-state index in [0.717, 1.165) is 75.2 Å². The first-order valence-electron chi connectivity index (χ1n) is 19.2. The molecular formula is C48H41N7O. The van der Waals surface area contributed by atoms with E-state index in [-0.39, 0.29) is 6.04 Å². The van der Waals surface area contributed by atoms with E-state index in [1.54, 1.807) is 6.92 Å².